The molecule has 7 heteroatoms. The second-order valence-electron chi connectivity index (χ2n) is 8.47. The van der Waals surface area contributed by atoms with E-state index in [2.05, 4.69) is 10.6 Å². The molecule has 1 amide bonds. The Bertz CT molecular complexity index is 1320. The summed E-state index contributed by atoms with van der Waals surface area (Å²) in [4.78, 5) is 19.8. The standard InChI is InChI=1S/C28H29N3O4/c1-3-34-22-13-11-21(12-14-22)31-19-20(17-27(31)32)28-29-25-9-4-5-10-26(25)30(28)15-16-35-24-8-6-7-23(18-24)33-2/h4-14,18,20H,3,15-17,19H2,1-2H3. The molecular formula is C28H29N3O4. The molecule has 7 nitrogen and oxygen atoms in total. The van der Waals surface area contributed by atoms with Gasteiger partial charge in [0.25, 0.3) is 0 Å². The molecule has 4 aromatic rings. The average molecular weight is 472 g/mol. The van der Waals surface area contributed by atoms with Crippen molar-refractivity contribution >= 4 is 22.6 Å². The van der Waals surface area contributed by atoms with E-state index in [1.807, 2.05) is 78.6 Å². The maximum atomic E-state index is 13.0. The number of methoxy groups -OCH3 is 1. The van der Waals surface area contributed by atoms with Gasteiger partial charge in [0.15, 0.2) is 0 Å². The van der Waals surface area contributed by atoms with Crippen molar-refractivity contribution in [2.45, 2.75) is 25.8 Å². The second-order valence-corrected chi connectivity index (χ2v) is 8.47. The molecule has 0 N–H and O–H groups in total. The maximum absolute atomic E-state index is 13.0. The number of hydrogen-bond acceptors (Lipinski definition) is 5. The first-order valence-electron chi connectivity index (χ1n) is 11.9. The van der Waals surface area contributed by atoms with E-state index in [-0.39, 0.29) is 11.8 Å². The molecule has 0 radical (unpaired) electrons. The van der Waals surface area contributed by atoms with Crippen LogP contribution in [0.15, 0.2) is 72.8 Å². The molecular weight excluding hydrogens is 442 g/mol. The quantitative estimate of drug-likeness (QED) is 0.342. The lowest BCUT2D eigenvalue weighted by molar-refractivity contribution is -0.117. The Kier molecular flexibility index (Phi) is 6.57. The zero-order valence-electron chi connectivity index (χ0n) is 20.0. The van der Waals surface area contributed by atoms with Crippen LogP contribution < -0.4 is 19.1 Å². The smallest absolute Gasteiger partial charge is 0.227 e. The summed E-state index contributed by atoms with van der Waals surface area (Å²) in [6, 6.07) is 23.4. The Labute approximate surface area is 204 Å². The van der Waals surface area contributed by atoms with E-state index in [1.165, 1.54) is 0 Å². The van der Waals surface area contributed by atoms with Gasteiger partial charge in [0.1, 0.15) is 29.7 Å². The Morgan fingerprint density at radius 3 is 2.54 bits per heavy atom. The van der Waals surface area contributed by atoms with Gasteiger partial charge in [-0.05, 0) is 55.5 Å². The highest BCUT2D eigenvalue weighted by molar-refractivity contribution is 5.96. The van der Waals surface area contributed by atoms with Crippen LogP contribution in [0, 0.1) is 0 Å². The highest BCUT2D eigenvalue weighted by Gasteiger charge is 2.34. The second kappa shape index (κ2) is 10.1. The molecule has 1 aromatic heterocycles. The van der Waals surface area contributed by atoms with Gasteiger partial charge < -0.3 is 23.7 Å². The minimum Gasteiger partial charge on any atom is -0.497 e. The number of fused-ring (bicyclic) bond motifs is 1. The fourth-order valence-electron chi connectivity index (χ4n) is 4.61. The van der Waals surface area contributed by atoms with Crippen molar-refractivity contribution in [3.8, 4) is 17.2 Å². The van der Waals surface area contributed by atoms with Gasteiger partial charge in [0.2, 0.25) is 5.91 Å². The first kappa shape index (κ1) is 22.8. The average Bonchev–Trinajstić information content (AvgIpc) is 3.45. The number of rotatable bonds is 9. The number of nitrogens with zero attached hydrogens (tertiary/aromatic N) is 3. The van der Waals surface area contributed by atoms with Gasteiger partial charge in [-0.15, -0.1) is 0 Å². The van der Waals surface area contributed by atoms with E-state index in [9.17, 15) is 4.79 Å². The number of amides is 1. The Balaban J connectivity index is 1.36. The van der Waals surface area contributed by atoms with Crippen LogP contribution in [0.3, 0.4) is 0 Å². The van der Waals surface area contributed by atoms with Crippen molar-refractivity contribution in [2.75, 3.05) is 31.8 Å². The van der Waals surface area contributed by atoms with E-state index < -0.39 is 0 Å². The Hall–Kier alpha value is -4.00. The fraction of sp³-hybridized carbons (Fsp3) is 0.286. The van der Waals surface area contributed by atoms with E-state index >= 15 is 0 Å². The molecule has 1 aliphatic rings. The SMILES string of the molecule is CCOc1ccc(N2CC(c3nc4ccccc4n3CCOc3cccc(OC)c3)CC2=O)cc1. The van der Waals surface area contributed by atoms with Crippen LogP contribution in [0.4, 0.5) is 5.69 Å². The van der Waals surface area contributed by atoms with Gasteiger partial charge >= 0.3 is 0 Å². The van der Waals surface area contributed by atoms with Gasteiger partial charge in [-0.3, -0.25) is 4.79 Å². The largest absolute Gasteiger partial charge is 0.497 e. The molecule has 2 heterocycles. The summed E-state index contributed by atoms with van der Waals surface area (Å²) >= 11 is 0. The third kappa shape index (κ3) is 4.80. The van der Waals surface area contributed by atoms with E-state index in [0.29, 0.717) is 32.7 Å². The number of carbonyl (C=O) groups is 1. The summed E-state index contributed by atoms with van der Waals surface area (Å²) in [5, 5.41) is 0. The van der Waals surface area contributed by atoms with Crippen molar-refractivity contribution in [1.82, 2.24) is 9.55 Å². The molecule has 180 valence electrons. The zero-order chi connectivity index (χ0) is 24.2. The minimum absolute atomic E-state index is 0.00159. The fourth-order valence-corrected chi connectivity index (χ4v) is 4.61. The molecule has 0 saturated carbocycles. The summed E-state index contributed by atoms with van der Waals surface area (Å²) in [6.07, 6.45) is 0.424. The van der Waals surface area contributed by atoms with Crippen LogP contribution in [0.1, 0.15) is 25.1 Å². The van der Waals surface area contributed by atoms with Gasteiger partial charge in [-0.25, -0.2) is 4.98 Å². The predicted octanol–water partition coefficient (Wildman–Crippen LogP) is 5.04. The molecule has 1 fully saturated rings. The lowest BCUT2D eigenvalue weighted by Crippen LogP contribution is -2.24. The molecule has 3 aromatic carbocycles. The van der Waals surface area contributed by atoms with Gasteiger partial charge in [0, 0.05) is 30.6 Å². The number of aromatic nitrogens is 2. The number of carbonyl (C=O) groups excluding carboxylic acids is 1. The Morgan fingerprint density at radius 2 is 1.74 bits per heavy atom. The normalized spacial score (nSPS) is 15.5. The highest BCUT2D eigenvalue weighted by atomic mass is 16.5. The van der Waals surface area contributed by atoms with E-state index in [4.69, 9.17) is 19.2 Å². The van der Waals surface area contributed by atoms with E-state index in [0.717, 1.165) is 39.8 Å². The summed E-state index contributed by atoms with van der Waals surface area (Å²) in [5.74, 6) is 3.34. The van der Waals surface area contributed by atoms with Crippen LogP contribution in [-0.4, -0.2) is 42.3 Å². The van der Waals surface area contributed by atoms with Crippen LogP contribution >= 0.6 is 0 Å². The molecule has 1 saturated heterocycles. The molecule has 5 rings (SSSR count). The third-order valence-corrected chi connectivity index (χ3v) is 6.26. The number of ether oxygens (including phenoxy) is 3. The molecule has 0 spiro atoms. The minimum atomic E-state index is -0.00159. The number of para-hydroxylation sites is 2. The van der Waals surface area contributed by atoms with Gasteiger partial charge in [0.05, 0.1) is 31.3 Å². The topological polar surface area (TPSA) is 65.8 Å². The molecule has 1 atom stereocenters. The van der Waals surface area contributed by atoms with Gasteiger partial charge in [-0.1, -0.05) is 18.2 Å². The van der Waals surface area contributed by atoms with Crippen molar-refractivity contribution in [1.29, 1.82) is 0 Å². The van der Waals surface area contributed by atoms with Crippen LogP contribution in [0.25, 0.3) is 11.0 Å². The molecule has 1 unspecified atom stereocenters. The van der Waals surface area contributed by atoms with Gasteiger partial charge in [-0.2, -0.15) is 0 Å². The van der Waals surface area contributed by atoms with Crippen molar-refractivity contribution < 1.29 is 19.0 Å². The van der Waals surface area contributed by atoms with Crippen molar-refractivity contribution in [2.24, 2.45) is 0 Å². The number of imidazole rings is 1. The lowest BCUT2D eigenvalue weighted by atomic mass is 10.1. The number of benzene rings is 3. The maximum Gasteiger partial charge on any atom is 0.227 e. The van der Waals surface area contributed by atoms with E-state index in [1.54, 1.807) is 7.11 Å². The molecule has 0 bridgehead atoms. The summed E-state index contributed by atoms with van der Waals surface area (Å²) in [7, 11) is 1.64. The zero-order valence-corrected chi connectivity index (χ0v) is 20.0. The predicted molar refractivity (Wildman–Crippen MR) is 136 cm³/mol. The molecule has 0 aliphatic carbocycles. The third-order valence-electron chi connectivity index (χ3n) is 6.26. The number of hydrogen-bond donors (Lipinski definition) is 0. The van der Waals surface area contributed by atoms with Crippen LogP contribution in [0.2, 0.25) is 0 Å². The summed E-state index contributed by atoms with van der Waals surface area (Å²) in [5.41, 5.74) is 2.85. The first-order chi connectivity index (χ1) is 17.2. The molecule has 1 aliphatic heterocycles. The van der Waals surface area contributed by atoms with Crippen molar-refractivity contribution in [3.63, 3.8) is 0 Å². The van der Waals surface area contributed by atoms with Crippen LogP contribution in [-0.2, 0) is 11.3 Å². The molecule has 35 heavy (non-hydrogen) atoms. The lowest BCUT2D eigenvalue weighted by Gasteiger charge is -2.18. The van der Waals surface area contributed by atoms with Crippen LogP contribution in [0.5, 0.6) is 17.2 Å². The number of anilines is 1. The summed E-state index contributed by atoms with van der Waals surface area (Å²) in [6.45, 7) is 4.26. The van der Waals surface area contributed by atoms with Crippen molar-refractivity contribution in [3.05, 3.63) is 78.6 Å². The first-order valence-corrected chi connectivity index (χ1v) is 11.9. The summed E-state index contributed by atoms with van der Waals surface area (Å²) < 4.78 is 19.0. The monoisotopic (exact) mass is 471 g/mol. The highest BCUT2D eigenvalue weighted by Crippen LogP contribution is 2.34. The Morgan fingerprint density at radius 1 is 0.943 bits per heavy atom.